The fraction of sp³-hybridized carbons (Fsp3) is 0.600. The normalized spacial score (nSPS) is 14.9. The van der Waals surface area contributed by atoms with Crippen LogP contribution < -0.4 is 74.9 Å². The van der Waals surface area contributed by atoms with Crippen molar-refractivity contribution in [2.24, 2.45) is 17.6 Å². The van der Waals surface area contributed by atoms with Crippen LogP contribution >= 0.6 is 63.1 Å². The zero-order valence-electron chi connectivity index (χ0n) is 52.1. The van der Waals surface area contributed by atoms with Crippen molar-refractivity contribution in [3.8, 4) is 5.75 Å². The summed E-state index contributed by atoms with van der Waals surface area (Å²) in [6.45, 7) is 9.33. The van der Waals surface area contributed by atoms with Crippen LogP contribution in [0.5, 0.6) is 5.75 Å². The van der Waals surface area contributed by atoms with Crippen molar-refractivity contribution in [2.75, 3.05) is 35.3 Å². The molecule has 14 amide bonds. The van der Waals surface area contributed by atoms with Gasteiger partial charge in [0.25, 0.3) is 0 Å². The first-order valence-corrected chi connectivity index (χ1v) is 32.1. The Bertz CT molecular complexity index is 2830. The lowest BCUT2D eigenvalue weighted by atomic mass is 10.0. The molecule has 0 fully saturated rings. The fourth-order valence-corrected chi connectivity index (χ4v) is 9.44. The second-order valence-electron chi connectivity index (χ2n) is 21.9. The number of hydrogen-bond acceptors (Lipinski definition) is 22. The highest BCUT2D eigenvalue weighted by Gasteiger charge is 2.37. The summed E-state index contributed by atoms with van der Waals surface area (Å²) in [7, 11) is 0. The lowest BCUT2D eigenvalue weighted by molar-refractivity contribution is -0.141. The molecule has 33 nitrogen and oxygen atoms in total. The highest BCUT2D eigenvalue weighted by atomic mass is 32.1. The number of amides is 14. The number of hydrogen-bond donors (Lipinski definition) is 22. The van der Waals surface area contributed by atoms with E-state index in [1.165, 1.54) is 52.0 Å². The van der Waals surface area contributed by atoms with Gasteiger partial charge in [0.05, 0.1) is 13.0 Å². The molecule has 18 N–H and O–H groups in total. The number of carboxylic acid groups (broad SMARTS) is 2. The molecule has 0 radical (unpaired) electrons. The number of primary amides is 1. The Kier molecular flexibility index (Phi) is 38.1. The molecule has 0 unspecified atom stereocenters. The summed E-state index contributed by atoms with van der Waals surface area (Å²) in [5, 5.41) is 59.4. The molecule has 12 atom stereocenters. The van der Waals surface area contributed by atoms with E-state index in [-0.39, 0.29) is 48.2 Å². The van der Waals surface area contributed by atoms with Crippen LogP contribution in [-0.2, 0) is 83.1 Å². The van der Waals surface area contributed by atoms with Crippen LogP contribution in [0.25, 0.3) is 0 Å². The zero-order valence-corrected chi connectivity index (χ0v) is 56.5. The Morgan fingerprint density at radius 1 is 0.452 bits per heavy atom. The number of rotatable bonds is 42. The van der Waals surface area contributed by atoms with E-state index in [1.807, 2.05) is 0 Å². The van der Waals surface area contributed by atoms with Gasteiger partial charge in [-0.05, 0) is 68.4 Å². The van der Waals surface area contributed by atoms with Crippen molar-refractivity contribution >= 4 is 158 Å². The van der Waals surface area contributed by atoms with Gasteiger partial charge in [-0.2, -0.15) is 63.1 Å². The van der Waals surface area contributed by atoms with Gasteiger partial charge in [0, 0.05) is 42.8 Å². The molecule has 0 aliphatic heterocycles. The Balaban J connectivity index is 3.23. The van der Waals surface area contributed by atoms with Gasteiger partial charge in [-0.3, -0.25) is 71.9 Å². The maximum atomic E-state index is 13.9. The number of benzene rings is 1. The summed E-state index contributed by atoms with van der Waals surface area (Å²) >= 11 is 20.4. The van der Waals surface area contributed by atoms with E-state index in [4.69, 9.17) is 5.73 Å². The minimum Gasteiger partial charge on any atom is -0.508 e. The molecular weight excluding hydrogens is 1320 g/mol. The van der Waals surface area contributed by atoms with Crippen LogP contribution in [0.4, 0.5) is 0 Å². The first-order chi connectivity index (χ1) is 43.5. The molecule has 0 saturated heterocycles. The van der Waals surface area contributed by atoms with E-state index in [9.17, 15) is 92.0 Å². The Morgan fingerprint density at radius 3 is 1.30 bits per heavy atom. The third-order valence-electron chi connectivity index (χ3n) is 13.2. The Labute approximate surface area is 564 Å². The molecule has 0 heterocycles. The van der Waals surface area contributed by atoms with Crippen molar-refractivity contribution in [3.05, 3.63) is 29.8 Å². The highest BCUT2D eigenvalue weighted by Crippen LogP contribution is 2.14. The number of carbonyl (C=O) groups excluding carboxylic acids is 14. The minimum atomic E-state index is -1.80. The molecule has 93 heavy (non-hydrogen) atoms. The second kappa shape index (κ2) is 42.5. The van der Waals surface area contributed by atoms with Gasteiger partial charge in [-0.1, -0.05) is 39.8 Å². The van der Waals surface area contributed by atoms with Gasteiger partial charge in [-0.25, -0.2) is 4.79 Å². The molecule has 0 spiro atoms. The Morgan fingerprint density at radius 2 is 0.860 bits per heavy atom. The fourth-order valence-electron chi connectivity index (χ4n) is 8.17. The Hall–Kier alpha value is -7.71. The highest BCUT2D eigenvalue weighted by molar-refractivity contribution is 7.81. The third-order valence-corrected chi connectivity index (χ3v) is 14.9. The summed E-state index contributed by atoms with van der Waals surface area (Å²) in [6.07, 6.45) is -2.32. The second-order valence-corrected chi connectivity index (χ2v) is 23.8. The van der Waals surface area contributed by atoms with E-state index in [0.29, 0.717) is 5.56 Å². The first-order valence-electron chi connectivity index (χ1n) is 29.0. The maximum Gasteiger partial charge on any atom is 0.327 e. The topological polar surface area (TPSA) is 516 Å². The standard InChI is InChI=1S/C55H86N14O19S5/c1-24(2)16-33(65-47(79)31(12-13-42(74)75)62-48(80)32(14-15-89)63-51(83)36(20-90)60-28(7)70)49(81)67-38(22-92)53(85)68-37(21-91)52(84)66-35(18-40(56)72)50(82)69-43(25(3)4)54(86)59-26(5)44(76)58-27(6)45(77)64-34(17-29-8-10-30(71)11-9-29)46(78)57-19-41(73)61-39(23-93)55(87)88/h8-11,24-27,31-39,43,71,89-93H,12-23H2,1-7H3,(H2,56,72)(H,57,78)(H,58,76)(H,59,86)(H,60,70)(H,61,73)(H,62,80)(H,63,83)(H,64,77)(H,65,79)(H,66,84)(H,67,81)(H,68,85)(H,69,82)(H,74,75)(H,87,88)/t26-,27-,31-,32-,33-,34-,35-,36-,37-,38-,39-,43-/m0/s1. The number of aliphatic carboxylic acids is 2. The van der Waals surface area contributed by atoms with Crippen LogP contribution in [0.1, 0.15) is 86.1 Å². The molecular formula is C55H86N14O19S5. The average Bonchev–Trinajstić information content (AvgIpc) is 2.41. The summed E-state index contributed by atoms with van der Waals surface area (Å²) in [5.74, 6) is -18.3. The maximum absolute atomic E-state index is 13.9. The number of phenols is 1. The van der Waals surface area contributed by atoms with E-state index in [0.717, 1.165) is 6.92 Å². The lowest BCUT2D eigenvalue weighted by Crippen LogP contribution is -2.61. The molecule has 0 aliphatic rings. The smallest absolute Gasteiger partial charge is 0.327 e. The summed E-state index contributed by atoms with van der Waals surface area (Å²) in [4.78, 5) is 209. The molecule has 1 aromatic carbocycles. The number of thiol groups is 5. The van der Waals surface area contributed by atoms with Gasteiger partial charge < -0.3 is 90.2 Å². The van der Waals surface area contributed by atoms with Crippen LogP contribution in [0.2, 0.25) is 0 Å². The average molecular weight is 1410 g/mol. The number of carboxylic acids is 2. The third kappa shape index (κ3) is 31.2. The number of nitrogens with two attached hydrogens (primary N) is 1. The molecule has 0 aromatic heterocycles. The number of phenolic OH excluding ortho intramolecular Hbond substituents is 1. The number of aromatic hydroxyl groups is 1. The predicted molar refractivity (Wildman–Crippen MR) is 352 cm³/mol. The molecule has 1 aromatic rings. The molecule has 0 saturated carbocycles. The largest absolute Gasteiger partial charge is 0.508 e. The summed E-state index contributed by atoms with van der Waals surface area (Å²) in [6, 6.07) is -12.0. The quantitative estimate of drug-likeness (QED) is 0.0272. The summed E-state index contributed by atoms with van der Waals surface area (Å²) in [5.41, 5.74) is 5.89. The molecule has 520 valence electrons. The van der Waals surface area contributed by atoms with Crippen LogP contribution in [0.15, 0.2) is 24.3 Å². The monoisotopic (exact) mass is 1410 g/mol. The molecule has 1 rings (SSSR count). The van der Waals surface area contributed by atoms with E-state index in [2.05, 4.69) is 132 Å². The predicted octanol–water partition coefficient (Wildman–Crippen LogP) is -5.51. The van der Waals surface area contributed by atoms with Crippen LogP contribution in [0.3, 0.4) is 0 Å². The SMILES string of the molecule is CC(=O)N[C@@H](CS)C(=O)N[C@@H](CCS)C(=O)N[C@@H](CCC(=O)O)C(=O)N[C@@H](CC(C)C)C(=O)N[C@@H](CS)C(=O)N[C@@H](CS)C(=O)N[C@@H](CC(N)=O)C(=O)N[C@H](C(=O)N[C@@H](C)C(=O)N[C@@H](C)C(=O)N[C@@H](Cc1ccc(O)cc1)C(=O)NCC(=O)N[C@@H](CS)C(=O)O)C(C)C. The van der Waals surface area contributed by atoms with Crippen molar-refractivity contribution < 1.29 is 92.0 Å². The molecule has 0 aliphatic carbocycles. The van der Waals surface area contributed by atoms with Gasteiger partial charge in [-0.15, -0.1) is 0 Å². The minimum absolute atomic E-state index is 0.0521. The van der Waals surface area contributed by atoms with Gasteiger partial charge in [0.15, 0.2) is 0 Å². The zero-order chi connectivity index (χ0) is 71.0. The van der Waals surface area contributed by atoms with Crippen molar-refractivity contribution in [3.63, 3.8) is 0 Å². The van der Waals surface area contributed by atoms with Gasteiger partial charge >= 0.3 is 11.9 Å². The van der Waals surface area contributed by atoms with Crippen molar-refractivity contribution in [1.29, 1.82) is 0 Å². The molecule has 0 bridgehead atoms. The van der Waals surface area contributed by atoms with Crippen molar-refractivity contribution in [1.82, 2.24) is 69.1 Å². The van der Waals surface area contributed by atoms with E-state index in [1.54, 1.807) is 13.8 Å². The van der Waals surface area contributed by atoms with Crippen LogP contribution in [0, 0.1) is 11.8 Å². The first kappa shape index (κ1) is 83.3. The van der Waals surface area contributed by atoms with E-state index < -0.39 is 210 Å². The van der Waals surface area contributed by atoms with Crippen LogP contribution in [-0.4, -0.2) is 218 Å². The number of nitrogens with one attached hydrogen (secondary N) is 13. The lowest BCUT2D eigenvalue weighted by Gasteiger charge is -2.28. The molecule has 38 heteroatoms. The van der Waals surface area contributed by atoms with Gasteiger partial charge in [0.1, 0.15) is 78.3 Å². The van der Waals surface area contributed by atoms with Crippen molar-refractivity contribution in [2.45, 2.75) is 159 Å². The van der Waals surface area contributed by atoms with Gasteiger partial charge in [0.2, 0.25) is 82.7 Å². The number of carbonyl (C=O) groups is 16. The summed E-state index contributed by atoms with van der Waals surface area (Å²) < 4.78 is 0. The van der Waals surface area contributed by atoms with E-state index >= 15 is 0 Å².